The van der Waals surface area contributed by atoms with Gasteiger partial charge in [0.25, 0.3) is 0 Å². The summed E-state index contributed by atoms with van der Waals surface area (Å²) in [5.74, 6) is 1.44. The van der Waals surface area contributed by atoms with Crippen molar-refractivity contribution in [2.75, 3.05) is 0 Å². The van der Waals surface area contributed by atoms with Crippen LogP contribution in [0.2, 0.25) is 0 Å². The third-order valence-electron chi connectivity index (χ3n) is 6.84. The van der Waals surface area contributed by atoms with Gasteiger partial charge >= 0.3 is 0 Å². The Labute approximate surface area is 215 Å². The standard InChI is InChI=1S/C29H19N9/c1-18-10-11-22-20(16-18)26-24(9-5-13-32-26)38(22)29-34-27(36-15-14-30-17-36)33-28(35-29)37-21-7-3-2-6-19(21)25-23(37)8-4-12-31-25/h2-17H,1H3. The predicted molar refractivity (Wildman–Crippen MR) is 146 cm³/mol. The maximum atomic E-state index is 5.07. The first kappa shape index (κ1) is 20.7. The van der Waals surface area contributed by atoms with Crippen LogP contribution in [0, 0.1) is 6.92 Å². The van der Waals surface area contributed by atoms with Gasteiger partial charge in [-0.25, -0.2) is 4.98 Å². The van der Waals surface area contributed by atoms with Crippen molar-refractivity contribution in [3.05, 3.63) is 103 Å². The SMILES string of the molecule is Cc1ccc2c(c1)c1ncccc1n2-c1nc(-n2ccnc2)nc(-n2c3ccccc3c3ncccc32)n1. The molecule has 0 unspecified atom stereocenters. The molecule has 8 aromatic rings. The Morgan fingerprint density at radius 2 is 1.21 bits per heavy atom. The molecular formula is C29H19N9. The zero-order chi connectivity index (χ0) is 25.2. The van der Waals surface area contributed by atoms with Gasteiger partial charge in [0.1, 0.15) is 6.33 Å². The summed E-state index contributed by atoms with van der Waals surface area (Å²) in [6.45, 7) is 2.08. The van der Waals surface area contributed by atoms with Gasteiger partial charge in [0.15, 0.2) is 0 Å². The van der Waals surface area contributed by atoms with E-state index in [0.29, 0.717) is 17.8 Å². The molecule has 0 atom stereocenters. The number of hydrogen-bond acceptors (Lipinski definition) is 6. The third-order valence-corrected chi connectivity index (χ3v) is 6.84. The summed E-state index contributed by atoms with van der Waals surface area (Å²) in [5.41, 5.74) is 6.74. The molecule has 0 aliphatic rings. The van der Waals surface area contributed by atoms with Gasteiger partial charge in [-0.1, -0.05) is 29.8 Å². The van der Waals surface area contributed by atoms with Crippen molar-refractivity contribution < 1.29 is 0 Å². The normalized spacial score (nSPS) is 11.8. The first-order valence-corrected chi connectivity index (χ1v) is 12.2. The van der Waals surface area contributed by atoms with Crippen molar-refractivity contribution in [2.24, 2.45) is 0 Å². The van der Waals surface area contributed by atoms with E-state index in [1.54, 1.807) is 17.1 Å². The molecule has 2 aromatic carbocycles. The smallest absolute Gasteiger partial charge is 0.241 e. The lowest BCUT2D eigenvalue weighted by atomic mass is 10.1. The second-order valence-electron chi connectivity index (χ2n) is 9.16. The topological polar surface area (TPSA) is 92.1 Å². The van der Waals surface area contributed by atoms with E-state index >= 15 is 0 Å². The average molecular weight is 494 g/mol. The van der Waals surface area contributed by atoms with Crippen LogP contribution in [-0.2, 0) is 0 Å². The van der Waals surface area contributed by atoms with Gasteiger partial charge in [0.2, 0.25) is 17.8 Å². The molecule has 0 fully saturated rings. The Bertz CT molecular complexity index is 2100. The molecule has 9 nitrogen and oxygen atoms in total. The van der Waals surface area contributed by atoms with Crippen LogP contribution >= 0.6 is 0 Å². The fourth-order valence-corrected chi connectivity index (χ4v) is 5.20. The molecule has 38 heavy (non-hydrogen) atoms. The molecule has 6 heterocycles. The zero-order valence-electron chi connectivity index (χ0n) is 20.3. The predicted octanol–water partition coefficient (Wildman–Crippen LogP) is 5.35. The number of aromatic nitrogens is 9. The number of hydrogen-bond donors (Lipinski definition) is 0. The van der Waals surface area contributed by atoms with Gasteiger partial charge in [0, 0.05) is 35.6 Å². The summed E-state index contributed by atoms with van der Waals surface area (Å²) in [5, 5.41) is 2.08. The highest BCUT2D eigenvalue weighted by Gasteiger charge is 2.20. The minimum absolute atomic E-state index is 0.461. The lowest BCUT2D eigenvalue weighted by molar-refractivity contribution is 0.827. The van der Waals surface area contributed by atoms with Gasteiger partial charge in [-0.05, 0) is 49.4 Å². The molecule has 0 radical (unpaired) electrons. The maximum Gasteiger partial charge on any atom is 0.241 e. The van der Waals surface area contributed by atoms with Gasteiger partial charge < -0.3 is 0 Å². The number of pyridine rings is 2. The summed E-state index contributed by atoms with van der Waals surface area (Å²) < 4.78 is 5.88. The molecular weight excluding hydrogens is 474 g/mol. The second kappa shape index (κ2) is 7.78. The van der Waals surface area contributed by atoms with Gasteiger partial charge in [-0.15, -0.1) is 0 Å². The molecule has 180 valence electrons. The monoisotopic (exact) mass is 493 g/mol. The van der Waals surface area contributed by atoms with Crippen LogP contribution < -0.4 is 0 Å². The van der Waals surface area contributed by atoms with Gasteiger partial charge in [-0.2, -0.15) is 15.0 Å². The van der Waals surface area contributed by atoms with Crippen molar-refractivity contribution in [1.29, 1.82) is 0 Å². The molecule has 0 aliphatic carbocycles. The summed E-state index contributed by atoms with van der Waals surface area (Å²) in [6, 6.07) is 22.4. The highest BCUT2D eigenvalue weighted by molar-refractivity contribution is 6.07. The molecule has 9 heteroatoms. The van der Waals surface area contributed by atoms with E-state index in [4.69, 9.17) is 19.9 Å². The van der Waals surface area contributed by atoms with Crippen LogP contribution in [0.3, 0.4) is 0 Å². The quantitative estimate of drug-likeness (QED) is 0.329. The van der Waals surface area contributed by atoms with Gasteiger partial charge in [0.05, 0.1) is 33.1 Å². The Kier molecular flexibility index (Phi) is 4.24. The Morgan fingerprint density at radius 3 is 1.92 bits per heavy atom. The van der Waals surface area contributed by atoms with Crippen molar-refractivity contribution in [2.45, 2.75) is 6.92 Å². The number of para-hydroxylation sites is 1. The average Bonchev–Trinajstić information content (AvgIpc) is 3.68. The Hall–Kier alpha value is -5.44. The number of benzene rings is 2. The maximum absolute atomic E-state index is 5.07. The van der Waals surface area contributed by atoms with Crippen LogP contribution in [0.15, 0.2) is 97.8 Å². The lowest BCUT2D eigenvalue weighted by Crippen LogP contribution is -2.12. The van der Waals surface area contributed by atoms with Crippen molar-refractivity contribution in [3.8, 4) is 17.8 Å². The van der Waals surface area contributed by atoms with Crippen molar-refractivity contribution in [1.82, 2.24) is 43.6 Å². The summed E-state index contributed by atoms with van der Waals surface area (Å²) >= 11 is 0. The first-order chi connectivity index (χ1) is 18.8. The van der Waals surface area contributed by atoms with E-state index in [2.05, 4.69) is 51.8 Å². The molecule has 0 bridgehead atoms. The van der Waals surface area contributed by atoms with Crippen LogP contribution in [0.1, 0.15) is 5.56 Å². The molecule has 0 amide bonds. The molecule has 6 aromatic heterocycles. The van der Waals surface area contributed by atoms with Gasteiger partial charge in [-0.3, -0.25) is 23.7 Å². The number of rotatable bonds is 3. The number of nitrogens with zero attached hydrogens (tertiary/aromatic N) is 9. The Morgan fingerprint density at radius 1 is 0.579 bits per heavy atom. The largest absolute Gasteiger partial charge is 0.276 e. The summed E-state index contributed by atoms with van der Waals surface area (Å²) in [4.78, 5) is 28.5. The van der Waals surface area contributed by atoms with E-state index in [0.717, 1.165) is 49.4 Å². The number of imidazole rings is 1. The Balaban J connectivity index is 1.51. The van der Waals surface area contributed by atoms with E-state index in [-0.39, 0.29) is 0 Å². The molecule has 0 saturated carbocycles. The van der Waals surface area contributed by atoms with E-state index in [9.17, 15) is 0 Å². The summed E-state index contributed by atoms with van der Waals surface area (Å²) in [7, 11) is 0. The van der Waals surface area contributed by atoms with Crippen LogP contribution in [-0.4, -0.2) is 43.6 Å². The number of fused-ring (bicyclic) bond motifs is 6. The van der Waals surface area contributed by atoms with E-state index in [1.807, 2.05) is 59.6 Å². The van der Waals surface area contributed by atoms with Crippen LogP contribution in [0.4, 0.5) is 0 Å². The molecule has 0 aliphatic heterocycles. The van der Waals surface area contributed by atoms with Crippen LogP contribution in [0.5, 0.6) is 0 Å². The summed E-state index contributed by atoms with van der Waals surface area (Å²) in [6.07, 6.45) is 8.85. The molecule has 0 spiro atoms. The highest BCUT2D eigenvalue weighted by Crippen LogP contribution is 2.32. The first-order valence-electron chi connectivity index (χ1n) is 12.2. The minimum Gasteiger partial charge on any atom is -0.276 e. The minimum atomic E-state index is 0.461. The van der Waals surface area contributed by atoms with Crippen molar-refractivity contribution >= 4 is 43.9 Å². The fourth-order valence-electron chi connectivity index (χ4n) is 5.20. The fraction of sp³-hybridized carbons (Fsp3) is 0.0345. The highest BCUT2D eigenvalue weighted by atomic mass is 15.3. The number of aryl methyl sites for hydroxylation is 1. The zero-order valence-corrected chi connectivity index (χ0v) is 20.3. The van der Waals surface area contributed by atoms with E-state index < -0.39 is 0 Å². The third kappa shape index (κ3) is 2.92. The molecule has 0 saturated heterocycles. The van der Waals surface area contributed by atoms with Crippen LogP contribution in [0.25, 0.3) is 61.7 Å². The van der Waals surface area contributed by atoms with Crippen molar-refractivity contribution in [3.63, 3.8) is 0 Å². The second-order valence-corrected chi connectivity index (χ2v) is 9.16. The van der Waals surface area contributed by atoms with E-state index in [1.165, 1.54) is 0 Å². The lowest BCUT2D eigenvalue weighted by Gasteiger charge is -2.12. The molecule has 0 N–H and O–H groups in total. The molecule has 8 rings (SSSR count).